The highest BCUT2D eigenvalue weighted by Gasteiger charge is 2.02. The first kappa shape index (κ1) is 17.5. The average Bonchev–Trinajstić information content (AvgIpc) is 2.51. The summed E-state index contributed by atoms with van der Waals surface area (Å²) in [5, 5.41) is 0. The van der Waals surface area contributed by atoms with Gasteiger partial charge in [0.25, 0.3) is 0 Å². The fourth-order valence-corrected chi connectivity index (χ4v) is 2.36. The second-order valence-corrected chi connectivity index (χ2v) is 5.15. The predicted octanol–water partition coefficient (Wildman–Crippen LogP) is 3.78. The second-order valence-electron chi connectivity index (χ2n) is 5.15. The molecule has 0 aliphatic heterocycles. The number of unbranched alkanes of at least 4 members (excludes halogenated alkanes) is 5. The summed E-state index contributed by atoms with van der Waals surface area (Å²) in [4.78, 5) is 15.0. The van der Waals surface area contributed by atoms with Gasteiger partial charge in [0.2, 0.25) is 0 Å². The zero-order valence-corrected chi connectivity index (χ0v) is 13.0. The molecule has 4 heteroatoms. The van der Waals surface area contributed by atoms with Crippen LogP contribution in [0.1, 0.15) is 57.4 Å². The molecular weight excluding hydrogens is 266 g/mol. The van der Waals surface area contributed by atoms with Gasteiger partial charge in [0, 0.05) is 6.42 Å². The van der Waals surface area contributed by atoms with Crippen LogP contribution >= 0.6 is 0 Å². The molecule has 0 radical (unpaired) electrons. The third-order valence-corrected chi connectivity index (χ3v) is 3.48. The minimum atomic E-state index is -0.317. The molecule has 0 unspecified atom stereocenters. The normalized spacial score (nSPS) is 10.4. The SMILES string of the molecule is CCOc1ccccc1CCCCCCCCC(=O)ON. The Morgan fingerprint density at radius 3 is 2.43 bits per heavy atom. The van der Waals surface area contributed by atoms with E-state index in [1.165, 1.54) is 24.8 Å². The Bertz CT molecular complexity index is 407. The maximum absolute atomic E-state index is 10.8. The van der Waals surface area contributed by atoms with Gasteiger partial charge in [-0.1, -0.05) is 43.9 Å². The number of carbonyl (C=O) groups is 1. The Morgan fingerprint density at radius 1 is 1.05 bits per heavy atom. The topological polar surface area (TPSA) is 61.5 Å². The first-order valence-corrected chi connectivity index (χ1v) is 7.88. The van der Waals surface area contributed by atoms with Crippen molar-refractivity contribution in [3.8, 4) is 5.75 Å². The van der Waals surface area contributed by atoms with E-state index in [2.05, 4.69) is 17.0 Å². The van der Waals surface area contributed by atoms with Gasteiger partial charge in [-0.15, -0.1) is 0 Å². The van der Waals surface area contributed by atoms with Crippen LogP contribution in [-0.4, -0.2) is 12.6 Å². The molecule has 1 aromatic rings. The molecule has 118 valence electrons. The van der Waals surface area contributed by atoms with E-state index >= 15 is 0 Å². The van der Waals surface area contributed by atoms with Crippen LogP contribution in [0.2, 0.25) is 0 Å². The molecule has 0 heterocycles. The minimum Gasteiger partial charge on any atom is -0.494 e. The molecule has 1 aromatic carbocycles. The molecule has 0 bridgehead atoms. The van der Waals surface area contributed by atoms with E-state index in [9.17, 15) is 4.79 Å². The number of aryl methyl sites for hydroxylation is 1. The molecule has 21 heavy (non-hydrogen) atoms. The van der Waals surface area contributed by atoms with Gasteiger partial charge in [0.15, 0.2) is 0 Å². The van der Waals surface area contributed by atoms with Gasteiger partial charge in [-0.05, 0) is 37.8 Å². The summed E-state index contributed by atoms with van der Waals surface area (Å²) in [6.07, 6.45) is 8.16. The molecule has 0 aromatic heterocycles. The quantitative estimate of drug-likeness (QED) is 0.498. The molecule has 0 spiro atoms. The maximum atomic E-state index is 10.8. The third-order valence-electron chi connectivity index (χ3n) is 3.48. The zero-order valence-electron chi connectivity index (χ0n) is 13.0. The fourth-order valence-electron chi connectivity index (χ4n) is 2.36. The van der Waals surface area contributed by atoms with E-state index in [0.29, 0.717) is 13.0 Å². The van der Waals surface area contributed by atoms with Gasteiger partial charge >= 0.3 is 5.97 Å². The van der Waals surface area contributed by atoms with Gasteiger partial charge < -0.3 is 9.57 Å². The van der Waals surface area contributed by atoms with Crippen LogP contribution in [0.3, 0.4) is 0 Å². The van der Waals surface area contributed by atoms with Gasteiger partial charge in [0.1, 0.15) is 5.75 Å². The molecule has 0 aliphatic carbocycles. The third kappa shape index (κ3) is 7.71. The number of hydrogen-bond acceptors (Lipinski definition) is 4. The van der Waals surface area contributed by atoms with Crippen molar-refractivity contribution in [2.75, 3.05) is 6.61 Å². The first-order valence-electron chi connectivity index (χ1n) is 7.88. The van der Waals surface area contributed by atoms with Crippen molar-refractivity contribution in [1.82, 2.24) is 0 Å². The van der Waals surface area contributed by atoms with E-state index in [4.69, 9.17) is 10.6 Å². The van der Waals surface area contributed by atoms with Crippen LogP contribution in [-0.2, 0) is 16.1 Å². The summed E-state index contributed by atoms with van der Waals surface area (Å²) in [6, 6.07) is 8.26. The lowest BCUT2D eigenvalue weighted by atomic mass is 10.0. The van der Waals surface area contributed by atoms with Crippen molar-refractivity contribution in [2.45, 2.75) is 58.3 Å². The Labute approximate surface area is 127 Å². The van der Waals surface area contributed by atoms with Crippen molar-refractivity contribution < 1.29 is 14.4 Å². The summed E-state index contributed by atoms with van der Waals surface area (Å²) < 4.78 is 5.63. The molecule has 1 rings (SSSR count). The van der Waals surface area contributed by atoms with E-state index in [1.807, 2.05) is 19.1 Å². The summed E-state index contributed by atoms with van der Waals surface area (Å²) >= 11 is 0. The van der Waals surface area contributed by atoms with Crippen LogP contribution in [0, 0.1) is 0 Å². The lowest BCUT2D eigenvalue weighted by Gasteiger charge is -2.09. The number of nitrogens with two attached hydrogens (primary N) is 1. The summed E-state index contributed by atoms with van der Waals surface area (Å²) in [5.74, 6) is 5.48. The van der Waals surface area contributed by atoms with Gasteiger partial charge in [-0.2, -0.15) is 5.90 Å². The molecular formula is C17H27NO3. The molecule has 0 atom stereocenters. The van der Waals surface area contributed by atoms with Crippen molar-refractivity contribution in [1.29, 1.82) is 0 Å². The van der Waals surface area contributed by atoms with Crippen LogP contribution in [0.25, 0.3) is 0 Å². The number of benzene rings is 1. The minimum absolute atomic E-state index is 0.317. The summed E-state index contributed by atoms with van der Waals surface area (Å²) in [6.45, 7) is 2.72. The Kier molecular flexibility index (Phi) is 9.29. The van der Waals surface area contributed by atoms with Crippen molar-refractivity contribution in [2.24, 2.45) is 5.90 Å². The Morgan fingerprint density at radius 2 is 1.71 bits per heavy atom. The smallest absolute Gasteiger partial charge is 0.324 e. The second kappa shape index (κ2) is 11.1. The molecule has 0 saturated carbocycles. The highest BCUT2D eigenvalue weighted by Crippen LogP contribution is 2.20. The highest BCUT2D eigenvalue weighted by molar-refractivity contribution is 5.68. The number of ether oxygens (including phenoxy) is 1. The van der Waals surface area contributed by atoms with Crippen LogP contribution in [0.4, 0.5) is 0 Å². The maximum Gasteiger partial charge on any atom is 0.324 e. The predicted molar refractivity (Wildman–Crippen MR) is 83.9 cm³/mol. The molecule has 0 amide bonds. The summed E-state index contributed by atoms with van der Waals surface area (Å²) in [7, 11) is 0. The lowest BCUT2D eigenvalue weighted by molar-refractivity contribution is -0.144. The van der Waals surface area contributed by atoms with Crippen LogP contribution in [0.5, 0.6) is 5.75 Å². The van der Waals surface area contributed by atoms with Crippen molar-refractivity contribution >= 4 is 5.97 Å². The molecule has 0 aliphatic rings. The van der Waals surface area contributed by atoms with Crippen LogP contribution in [0.15, 0.2) is 24.3 Å². The lowest BCUT2D eigenvalue weighted by Crippen LogP contribution is -2.08. The Hall–Kier alpha value is -1.55. The number of hydrogen-bond donors (Lipinski definition) is 1. The van der Waals surface area contributed by atoms with E-state index in [0.717, 1.165) is 31.4 Å². The number of para-hydroxylation sites is 1. The molecule has 4 nitrogen and oxygen atoms in total. The average molecular weight is 293 g/mol. The Balaban J connectivity index is 2.08. The van der Waals surface area contributed by atoms with Crippen molar-refractivity contribution in [3.63, 3.8) is 0 Å². The zero-order chi connectivity index (χ0) is 15.3. The van der Waals surface area contributed by atoms with Gasteiger partial charge in [-0.25, -0.2) is 0 Å². The van der Waals surface area contributed by atoms with Gasteiger partial charge in [-0.3, -0.25) is 4.79 Å². The first-order chi connectivity index (χ1) is 10.3. The van der Waals surface area contributed by atoms with Crippen LogP contribution < -0.4 is 10.6 Å². The summed E-state index contributed by atoms with van der Waals surface area (Å²) in [5.41, 5.74) is 1.30. The number of rotatable bonds is 11. The fraction of sp³-hybridized carbons (Fsp3) is 0.588. The van der Waals surface area contributed by atoms with E-state index in [1.54, 1.807) is 0 Å². The number of carbonyl (C=O) groups excluding carboxylic acids is 1. The largest absolute Gasteiger partial charge is 0.494 e. The molecule has 0 saturated heterocycles. The molecule has 2 N–H and O–H groups in total. The molecule has 0 fully saturated rings. The van der Waals surface area contributed by atoms with Gasteiger partial charge in [0.05, 0.1) is 6.61 Å². The standard InChI is InChI=1S/C17H27NO3/c1-2-20-16-13-10-9-12-15(16)11-7-5-3-4-6-8-14-17(19)21-18/h9-10,12-13H,2-8,11,14,18H2,1H3. The monoisotopic (exact) mass is 293 g/mol. The highest BCUT2D eigenvalue weighted by atomic mass is 16.7. The van der Waals surface area contributed by atoms with E-state index in [-0.39, 0.29) is 5.97 Å². The van der Waals surface area contributed by atoms with E-state index < -0.39 is 0 Å². The van der Waals surface area contributed by atoms with Crippen molar-refractivity contribution in [3.05, 3.63) is 29.8 Å².